The Morgan fingerprint density at radius 1 is 0.977 bits per heavy atom. The topological polar surface area (TPSA) is 98.3 Å². The second-order valence-corrected chi connectivity index (χ2v) is 11.4. The lowest BCUT2D eigenvalue weighted by Crippen LogP contribution is -2.41. The number of aryl methyl sites for hydroxylation is 1. The molecule has 0 radical (unpaired) electrons. The largest absolute Gasteiger partial charge is 0.383 e. The van der Waals surface area contributed by atoms with Gasteiger partial charge in [0.25, 0.3) is 0 Å². The first-order valence-electron chi connectivity index (χ1n) is 14.7. The van der Waals surface area contributed by atoms with Crippen LogP contribution >= 0.6 is 0 Å². The normalized spacial score (nSPS) is 17.4. The molecule has 44 heavy (non-hydrogen) atoms. The van der Waals surface area contributed by atoms with Crippen molar-refractivity contribution in [2.45, 2.75) is 51.2 Å². The molecule has 9 heteroatoms. The Bertz CT molecular complexity index is 1830. The molecule has 2 N–H and O–H groups in total. The predicted molar refractivity (Wildman–Crippen MR) is 166 cm³/mol. The summed E-state index contributed by atoms with van der Waals surface area (Å²) in [6.07, 6.45) is 9.50. The van der Waals surface area contributed by atoms with Crippen LogP contribution < -0.4 is 11.2 Å². The Labute approximate surface area is 253 Å². The zero-order chi connectivity index (χ0) is 31.0. The Hall–Kier alpha value is -4.92. The highest BCUT2D eigenvalue weighted by atomic mass is 19.1. The van der Waals surface area contributed by atoms with Gasteiger partial charge in [0.15, 0.2) is 11.2 Å². The first kappa shape index (κ1) is 29.2. The number of alkyl halides is 1. The van der Waals surface area contributed by atoms with Crippen molar-refractivity contribution in [3.8, 4) is 22.3 Å². The molecule has 4 heterocycles. The van der Waals surface area contributed by atoms with Gasteiger partial charge in [0.2, 0.25) is 5.91 Å². The van der Waals surface area contributed by atoms with Crippen LogP contribution in [0.3, 0.4) is 0 Å². The number of amides is 1. The number of anilines is 1. The van der Waals surface area contributed by atoms with Gasteiger partial charge in [-0.3, -0.25) is 14.4 Å². The molecule has 4 aromatic rings. The molecule has 2 bridgehead atoms. The molecule has 0 aliphatic carbocycles. The SMILES string of the molecule is CC(=O)N1C2C=C(c3cnc(N)c(-c4ccc(CC(=O)c5cn(CCF)cc(-c6ccc(F)cc6)c5=O)cc4)c3)CC1CC2. The summed E-state index contributed by atoms with van der Waals surface area (Å²) in [5.41, 5.74) is 10.8. The summed E-state index contributed by atoms with van der Waals surface area (Å²) in [6.45, 7) is 0.929. The Morgan fingerprint density at radius 3 is 2.36 bits per heavy atom. The van der Waals surface area contributed by atoms with Gasteiger partial charge in [0.05, 0.1) is 18.2 Å². The van der Waals surface area contributed by atoms with Crippen molar-refractivity contribution in [3.05, 3.63) is 112 Å². The molecule has 2 aliphatic heterocycles. The molecular formula is C35H32F2N4O3. The minimum Gasteiger partial charge on any atom is -0.383 e. The van der Waals surface area contributed by atoms with Gasteiger partial charge in [-0.25, -0.2) is 13.8 Å². The number of pyridine rings is 2. The van der Waals surface area contributed by atoms with Gasteiger partial charge in [-0.1, -0.05) is 42.5 Å². The van der Waals surface area contributed by atoms with Gasteiger partial charge in [-0.15, -0.1) is 0 Å². The lowest BCUT2D eigenvalue weighted by molar-refractivity contribution is -0.131. The lowest BCUT2D eigenvalue weighted by atomic mass is 9.93. The van der Waals surface area contributed by atoms with E-state index in [0.717, 1.165) is 41.5 Å². The van der Waals surface area contributed by atoms with E-state index in [2.05, 4.69) is 11.1 Å². The van der Waals surface area contributed by atoms with Crippen LogP contribution in [-0.2, 0) is 17.8 Å². The van der Waals surface area contributed by atoms with E-state index in [-0.39, 0.29) is 42.1 Å². The van der Waals surface area contributed by atoms with Gasteiger partial charge in [-0.05, 0) is 65.3 Å². The number of nitrogens with zero attached hydrogens (tertiary/aromatic N) is 3. The summed E-state index contributed by atoms with van der Waals surface area (Å²) in [5, 5.41) is 0. The molecule has 2 aromatic carbocycles. The number of halogens is 2. The van der Waals surface area contributed by atoms with E-state index in [1.807, 2.05) is 35.2 Å². The number of aromatic nitrogens is 2. The number of benzene rings is 2. The molecule has 2 unspecified atom stereocenters. The third-order valence-electron chi connectivity index (χ3n) is 8.56. The number of carbonyl (C=O) groups excluding carboxylic acids is 2. The number of nitrogens with two attached hydrogens (primary N) is 1. The zero-order valence-corrected chi connectivity index (χ0v) is 24.3. The molecule has 0 spiro atoms. The van der Waals surface area contributed by atoms with E-state index in [0.29, 0.717) is 16.9 Å². The summed E-state index contributed by atoms with van der Waals surface area (Å²) in [6, 6.07) is 15.1. The Morgan fingerprint density at radius 2 is 1.68 bits per heavy atom. The van der Waals surface area contributed by atoms with Crippen LogP contribution in [0.1, 0.15) is 47.7 Å². The fourth-order valence-electron chi connectivity index (χ4n) is 6.39. The summed E-state index contributed by atoms with van der Waals surface area (Å²) in [5.74, 6) is -0.362. The highest BCUT2D eigenvalue weighted by Gasteiger charge is 2.38. The number of hydrogen-bond donors (Lipinski definition) is 1. The van der Waals surface area contributed by atoms with E-state index < -0.39 is 23.7 Å². The maximum atomic E-state index is 13.5. The molecule has 2 aliphatic rings. The molecule has 2 aromatic heterocycles. The van der Waals surface area contributed by atoms with Crippen molar-refractivity contribution < 1.29 is 18.4 Å². The van der Waals surface area contributed by atoms with Gasteiger partial charge < -0.3 is 15.2 Å². The van der Waals surface area contributed by atoms with Gasteiger partial charge >= 0.3 is 0 Å². The maximum absolute atomic E-state index is 13.5. The van der Waals surface area contributed by atoms with E-state index in [1.165, 1.54) is 41.2 Å². The minimum atomic E-state index is -0.671. The van der Waals surface area contributed by atoms with Crippen LogP contribution in [-0.4, -0.2) is 44.9 Å². The van der Waals surface area contributed by atoms with Gasteiger partial charge in [0.1, 0.15) is 18.3 Å². The number of nitrogen functional groups attached to an aromatic ring is 1. The van der Waals surface area contributed by atoms with Crippen molar-refractivity contribution in [1.29, 1.82) is 0 Å². The molecule has 224 valence electrons. The highest BCUT2D eigenvalue weighted by Crippen LogP contribution is 2.39. The fraction of sp³-hybridized carbons (Fsp3) is 0.257. The molecule has 0 saturated carbocycles. The summed E-state index contributed by atoms with van der Waals surface area (Å²) in [7, 11) is 0. The van der Waals surface area contributed by atoms with Gasteiger partial charge in [0, 0.05) is 49.1 Å². The van der Waals surface area contributed by atoms with Crippen molar-refractivity contribution in [2.24, 2.45) is 0 Å². The second kappa shape index (κ2) is 12.0. The molecule has 6 rings (SSSR count). The average Bonchev–Trinajstić information content (AvgIpc) is 3.29. The molecule has 7 nitrogen and oxygen atoms in total. The van der Waals surface area contributed by atoms with Crippen LogP contribution in [0.2, 0.25) is 0 Å². The van der Waals surface area contributed by atoms with Crippen LogP contribution in [0.5, 0.6) is 0 Å². The lowest BCUT2D eigenvalue weighted by Gasteiger charge is -2.33. The van der Waals surface area contributed by atoms with E-state index >= 15 is 0 Å². The Kier molecular flexibility index (Phi) is 7.95. The Balaban J connectivity index is 1.24. The van der Waals surface area contributed by atoms with Crippen LogP contribution in [0.15, 0.2) is 84.1 Å². The first-order valence-corrected chi connectivity index (χ1v) is 14.7. The number of carbonyl (C=O) groups is 2. The van der Waals surface area contributed by atoms with Crippen molar-refractivity contribution in [3.63, 3.8) is 0 Å². The summed E-state index contributed by atoms with van der Waals surface area (Å²) < 4.78 is 28.1. The molecular weight excluding hydrogens is 562 g/mol. The summed E-state index contributed by atoms with van der Waals surface area (Å²) in [4.78, 5) is 45.2. The maximum Gasteiger partial charge on any atom is 0.220 e. The molecule has 1 amide bonds. The monoisotopic (exact) mass is 594 g/mol. The van der Waals surface area contributed by atoms with Crippen LogP contribution in [0.4, 0.5) is 14.6 Å². The fourth-order valence-corrected chi connectivity index (χ4v) is 6.39. The highest BCUT2D eigenvalue weighted by molar-refractivity contribution is 5.98. The van der Waals surface area contributed by atoms with E-state index in [1.54, 1.807) is 13.1 Å². The number of rotatable bonds is 8. The predicted octanol–water partition coefficient (Wildman–Crippen LogP) is 5.86. The average molecular weight is 595 g/mol. The van der Waals surface area contributed by atoms with Crippen molar-refractivity contribution in [2.75, 3.05) is 12.4 Å². The minimum absolute atomic E-state index is 0.0226. The second-order valence-electron chi connectivity index (χ2n) is 11.4. The smallest absolute Gasteiger partial charge is 0.220 e. The third-order valence-corrected chi connectivity index (χ3v) is 8.56. The van der Waals surface area contributed by atoms with E-state index in [4.69, 9.17) is 5.73 Å². The van der Waals surface area contributed by atoms with Gasteiger partial charge in [-0.2, -0.15) is 0 Å². The number of fused-ring (bicyclic) bond motifs is 2. The number of ketones is 1. The summed E-state index contributed by atoms with van der Waals surface area (Å²) >= 11 is 0. The van der Waals surface area contributed by atoms with E-state index in [9.17, 15) is 23.2 Å². The first-order chi connectivity index (χ1) is 21.2. The van der Waals surface area contributed by atoms with Crippen molar-refractivity contribution in [1.82, 2.24) is 14.5 Å². The zero-order valence-electron chi connectivity index (χ0n) is 24.3. The van der Waals surface area contributed by atoms with Crippen molar-refractivity contribution >= 4 is 23.1 Å². The third kappa shape index (κ3) is 5.69. The van der Waals surface area contributed by atoms with Crippen LogP contribution in [0, 0.1) is 5.82 Å². The standard InChI is InChI=1S/C35H32F2N4O3/c1-21(42)41-28-10-11-29(41)16-25(15-28)26-17-30(35(38)39-18-26)23-4-2-22(3-5-23)14-33(43)32-20-40(13-12-36)19-31(34(32)44)24-6-8-27(37)9-7-24/h2-9,15,17-20,28-29H,10-14,16H2,1H3,(H2,38,39). The number of Topliss-reactive ketones (excluding diaryl/α,β-unsaturated/α-hetero) is 1. The molecule has 1 fully saturated rings. The quantitative estimate of drug-likeness (QED) is 0.258. The number of hydrogen-bond acceptors (Lipinski definition) is 5. The molecule has 1 saturated heterocycles. The molecule has 2 atom stereocenters. The van der Waals surface area contributed by atoms with Crippen LogP contribution in [0.25, 0.3) is 27.8 Å².